The van der Waals surface area contributed by atoms with Gasteiger partial charge >= 0.3 is 0 Å². The van der Waals surface area contributed by atoms with Gasteiger partial charge in [-0.15, -0.1) is 8.58 Å². The van der Waals surface area contributed by atoms with Gasteiger partial charge in [-0.2, -0.15) is 0 Å². The van der Waals surface area contributed by atoms with Gasteiger partial charge in [-0.05, 0) is 10.3 Å². The smallest absolute Gasteiger partial charge is 0.0202 e. The molecular weight excluding hydrogens is 199 g/mol. The van der Waals surface area contributed by atoms with Gasteiger partial charge < -0.3 is 0 Å². The van der Waals surface area contributed by atoms with Gasteiger partial charge in [-0.1, -0.05) is 77.9 Å². The van der Waals surface area contributed by atoms with Gasteiger partial charge in [0.25, 0.3) is 0 Å². The zero-order valence-corrected chi connectivity index (χ0v) is 12.0. The van der Waals surface area contributed by atoms with Crippen LogP contribution in [0.1, 0.15) is 41.5 Å². The van der Waals surface area contributed by atoms with Crippen LogP contribution in [0.4, 0.5) is 0 Å². The molecular formula is C14H25P. The highest BCUT2D eigenvalue weighted by Gasteiger charge is 2.19. The molecule has 0 amide bonds. The van der Waals surface area contributed by atoms with E-state index in [1.807, 2.05) is 36.4 Å². The maximum atomic E-state index is 2.30. The van der Waals surface area contributed by atoms with E-state index in [1.54, 1.807) is 0 Å². The minimum Gasteiger partial charge on any atom is -0.111 e. The second-order valence-corrected chi connectivity index (χ2v) is 9.03. The lowest BCUT2D eigenvalue weighted by Gasteiger charge is -2.28. The lowest BCUT2D eigenvalue weighted by molar-refractivity contribution is 0.725. The Kier molecular flexibility index (Phi) is 6.13. The van der Waals surface area contributed by atoms with Crippen LogP contribution in [0.3, 0.4) is 0 Å². The maximum Gasteiger partial charge on any atom is -0.0202 e. The summed E-state index contributed by atoms with van der Waals surface area (Å²) < 4.78 is 0. The molecule has 0 heterocycles. The molecule has 0 saturated heterocycles. The van der Waals surface area contributed by atoms with Crippen molar-refractivity contribution < 1.29 is 0 Å². The van der Waals surface area contributed by atoms with E-state index in [4.69, 9.17) is 0 Å². The van der Waals surface area contributed by atoms with Crippen molar-refractivity contribution in [3.63, 3.8) is 0 Å². The highest BCUT2D eigenvalue weighted by atomic mass is 31.1. The first-order valence-corrected chi connectivity index (χ1v) is 6.50. The molecule has 15 heavy (non-hydrogen) atoms. The Labute approximate surface area is 97.3 Å². The first kappa shape index (κ1) is 14.6. The van der Waals surface area contributed by atoms with E-state index in [1.165, 1.54) is 0 Å². The predicted octanol–water partition coefficient (Wildman–Crippen LogP) is 4.95. The summed E-state index contributed by atoms with van der Waals surface area (Å²) in [5.74, 6) is 0. The third-order valence-corrected chi connectivity index (χ3v) is 2.92. The summed E-state index contributed by atoms with van der Waals surface area (Å²) >= 11 is 0. The number of rotatable bonds is 0. The van der Waals surface area contributed by atoms with Crippen LogP contribution in [0.5, 0.6) is 0 Å². The minimum atomic E-state index is 0.512. The molecule has 0 aliphatic rings. The van der Waals surface area contributed by atoms with Gasteiger partial charge in [0, 0.05) is 0 Å². The van der Waals surface area contributed by atoms with Crippen LogP contribution < -0.4 is 0 Å². The second kappa shape index (κ2) is 6.28. The highest BCUT2D eigenvalue weighted by Crippen LogP contribution is 2.41. The first-order chi connectivity index (χ1) is 6.71. The first-order valence-electron chi connectivity index (χ1n) is 5.50. The number of hydrogen-bond donors (Lipinski definition) is 0. The normalized spacial score (nSPS) is 11.6. The van der Waals surface area contributed by atoms with E-state index in [0.717, 1.165) is 8.58 Å². The van der Waals surface area contributed by atoms with Crippen LogP contribution >= 0.6 is 8.58 Å². The van der Waals surface area contributed by atoms with Crippen LogP contribution in [-0.2, 0) is 0 Å². The van der Waals surface area contributed by atoms with Crippen LogP contribution in [0, 0.1) is 0 Å². The topological polar surface area (TPSA) is 0 Å². The van der Waals surface area contributed by atoms with Crippen molar-refractivity contribution in [3.05, 3.63) is 36.4 Å². The average Bonchev–Trinajstić information content (AvgIpc) is 2.01. The van der Waals surface area contributed by atoms with Crippen LogP contribution in [-0.4, -0.2) is 10.3 Å². The van der Waals surface area contributed by atoms with Crippen molar-refractivity contribution in [3.8, 4) is 0 Å². The molecule has 0 aromatic heterocycles. The van der Waals surface area contributed by atoms with Crippen LogP contribution in [0.15, 0.2) is 36.4 Å². The quantitative estimate of drug-likeness (QED) is 0.547. The fourth-order valence-corrected chi connectivity index (χ4v) is 3.76. The summed E-state index contributed by atoms with van der Waals surface area (Å²) in [6.07, 6.45) is 0. The lowest BCUT2D eigenvalue weighted by atomic mass is 10.2. The lowest BCUT2D eigenvalue weighted by Crippen LogP contribution is -2.16. The fraction of sp³-hybridized carbons (Fsp3) is 0.571. The Morgan fingerprint density at radius 2 is 0.733 bits per heavy atom. The largest absolute Gasteiger partial charge is 0.111 e. The SMILES string of the molecule is CC(C)(C)PC(C)(C)C.c1ccccc1. The number of hydrogen-bond acceptors (Lipinski definition) is 0. The van der Waals surface area contributed by atoms with Crippen LogP contribution in [0.25, 0.3) is 0 Å². The molecule has 1 aromatic rings. The molecule has 0 nitrogen and oxygen atoms in total. The molecule has 0 spiro atoms. The summed E-state index contributed by atoms with van der Waals surface area (Å²) in [4.78, 5) is 0. The van der Waals surface area contributed by atoms with Crippen LogP contribution in [0.2, 0.25) is 0 Å². The van der Waals surface area contributed by atoms with E-state index >= 15 is 0 Å². The molecule has 0 bridgehead atoms. The Hall–Kier alpha value is -0.350. The molecule has 0 unspecified atom stereocenters. The van der Waals surface area contributed by atoms with Gasteiger partial charge in [0.1, 0.15) is 0 Å². The molecule has 0 radical (unpaired) electrons. The van der Waals surface area contributed by atoms with Gasteiger partial charge in [-0.25, -0.2) is 0 Å². The zero-order chi connectivity index (χ0) is 11.9. The monoisotopic (exact) mass is 224 g/mol. The summed E-state index contributed by atoms with van der Waals surface area (Å²) in [5, 5.41) is 1.02. The summed E-state index contributed by atoms with van der Waals surface area (Å²) in [7, 11) is 1.05. The molecule has 1 heteroatoms. The van der Waals surface area contributed by atoms with Crippen molar-refractivity contribution >= 4 is 8.58 Å². The standard InChI is InChI=1S/C8H19P.C6H6/c1-7(2,3)9-8(4,5)6;1-2-4-6-5-3-1/h9H,1-6H3;1-6H. The molecule has 0 aliphatic heterocycles. The van der Waals surface area contributed by atoms with Gasteiger partial charge in [0.15, 0.2) is 0 Å². The zero-order valence-electron chi connectivity index (χ0n) is 11.0. The molecule has 0 aliphatic carbocycles. The van der Waals surface area contributed by atoms with Crippen molar-refractivity contribution in [1.82, 2.24) is 0 Å². The molecule has 0 saturated carbocycles. The summed E-state index contributed by atoms with van der Waals surface area (Å²) in [6.45, 7) is 13.8. The Morgan fingerprint density at radius 1 is 0.533 bits per heavy atom. The third kappa shape index (κ3) is 13.7. The summed E-state index contributed by atoms with van der Waals surface area (Å²) in [6, 6.07) is 12.0. The van der Waals surface area contributed by atoms with E-state index in [2.05, 4.69) is 41.5 Å². The molecule has 0 N–H and O–H groups in total. The molecule has 1 aromatic carbocycles. The van der Waals surface area contributed by atoms with Crippen molar-refractivity contribution in [2.24, 2.45) is 0 Å². The second-order valence-electron chi connectivity index (χ2n) is 5.78. The van der Waals surface area contributed by atoms with Crippen molar-refractivity contribution in [2.45, 2.75) is 51.9 Å². The highest BCUT2D eigenvalue weighted by molar-refractivity contribution is 7.41. The van der Waals surface area contributed by atoms with E-state index in [-0.39, 0.29) is 0 Å². The van der Waals surface area contributed by atoms with E-state index in [0.29, 0.717) is 10.3 Å². The predicted molar refractivity (Wildman–Crippen MR) is 74.3 cm³/mol. The fourth-order valence-electron chi connectivity index (χ4n) is 1.51. The average molecular weight is 224 g/mol. The van der Waals surface area contributed by atoms with E-state index in [9.17, 15) is 0 Å². The molecule has 86 valence electrons. The van der Waals surface area contributed by atoms with Gasteiger partial charge in [0.2, 0.25) is 0 Å². The van der Waals surface area contributed by atoms with Gasteiger partial charge in [-0.3, -0.25) is 0 Å². The van der Waals surface area contributed by atoms with Crippen molar-refractivity contribution in [2.75, 3.05) is 0 Å². The Morgan fingerprint density at radius 3 is 0.800 bits per heavy atom. The molecule has 0 atom stereocenters. The van der Waals surface area contributed by atoms with E-state index < -0.39 is 0 Å². The minimum absolute atomic E-state index is 0.512. The Bertz CT molecular complexity index is 200. The van der Waals surface area contributed by atoms with Crippen molar-refractivity contribution in [1.29, 1.82) is 0 Å². The third-order valence-electron chi connectivity index (χ3n) is 1.42. The number of benzene rings is 1. The molecule has 0 fully saturated rings. The molecule has 1 rings (SSSR count). The van der Waals surface area contributed by atoms with Gasteiger partial charge in [0.05, 0.1) is 0 Å². The summed E-state index contributed by atoms with van der Waals surface area (Å²) in [5.41, 5.74) is 0. The maximum absolute atomic E-state index is 2.30. The Balaban J connectivity index is 0.000000280.